The minimum Gasteiger partial charge on any atom is -0.330 e. The van der Waals surface area contributed by atoms with Gasteiger partial charge in [-0.1, -0.05) is 6.92 Å². The molecule has 96 valence electrons. The van der Waals surface area contributed by atoms with E-state index in [9.17, 15) is 0 Å². The van der Waals surface area contributed by atoms with E-state index >= 15 is 0 Å². The zero-order valence-electron chi connectivity index (χ0n) is 11.2. The lowest BCUT2D eigenvalue weighted by atomic mass is 10.00. The molecule has 0 spiro atoms. The standard InChI is InChI=1S/C14H20N4/c1-10(9-15)8-14-11(2)17-18(12(14)3)13-4-6-16-7-5-13/h4-7,10H,8-9,15H2,1-3H3. The van der Waals surface area contributed by atoms with Gasteiger partial charge in [-0.3, -0.25) is 4.98 Å². The van der Waals surface area contributed by atoms with Crippen LogP contribution < -0.4 is 5.73 Å². The molecule has 0 aliphatic heterocycles. The van der Waals surface area contributed by atoms with Crippen molar-refractivity contribution in [2.75, 3.05) is 6.54 Å². The van der Waals surface area contributed by atoms with E-state index in [0.717, 1.165) is 17.8 Å². The summed E-state index contributed by atoms with van der Waals surface area (Å²) >= 11 is 0. The largest absolute Gasteiger partial charge is 0.330 e. The number of rotatable bonds is 4. The smallest absolute Gasteiger partial charge is 0.0679 e. The van der Waals surface area contributed by atoms with Gasteiger partial charge < -0.3 is 5.73 Å². The maximum Gasteiger partial charge on any atom is 0.0679 e. The molecule has 1 unspecified atom stereocenters. The van der Waals surface area contributed by atoms with Crippen molar-refractivity contribution in [2.45, 2.75) is 27.2 Å². The highest BCUT2D eigenvalue weighted by molar-refractivity contribution is 5.35. The summed E-state index contributed by atoms with van der Waals surface area (Å²) in [6.07, 6.45) is 4.56. The number of nitrogens with zero attached hydrogens (tertiary/aromatic N) is 3. The summed E-state index contributed by atoms with van der Waals surface area (Å²) in [5, 5.41) is 4.62. The van der Waals surface area contributed by atoms with E-state index in [-0.39, 0.29) is 0 Å². The van der Waals surface area contributed by atoms with Crippen LogP contribution >= 0.6 is 0 Å². The van der Waals surface area contributed by atoms with Crippen molar-refractivity contribution in [3.63, 3.8) is 0 Å². The van der Waals surface area contributed by atoms with Gasteiger partial charge >= 0.3 is 0 Å². The molecule has 0 aliphatic rings. The molecule has 0 aliphatic carbocycles. The first-order chi connectivity index (χ1) is 8.63. The summed E-state index contributed by atoms with van der Waals surface area (Å²) in [5.74, 6) is 0.484. The highest BCUT2D eigenvalue weighted by Gasteiger charge is 2.14. The second-order valence-electron chi connectivity index (χ2n) is 4.81. The summed E-state index contributed by atoms with van der Waals surface area (Å²) in [4.78, 5) is 4.03. The third-order valence-electron chi connectivity index (χ3n) is 3.30. The molecule has 2 N–H and O–H groups in total. The fourth-order valence-electron chi connectivity index (χ4n) is 2.14. The van der Waals surface area contributed by atoms with Crippen molar-refractivity contribution in [3.8, 4) is 5.69 Å². The van der Waals surface area contributed by atoms with Gasteiger partial charge in [-0.2, -0.15) is 5.10 Å². The van der Waals surface area contributed by atoms with Crippen molar-refractivity contribution in [3.05, 3.63) is 41.5 Å². The molecule has 1 atom stereocenters. The Balaban J connectivity index is 2.38. The van der Waals surface area contributed by atoms with Crippen LogP contribution in [-0.4, -0.2) is 21.3 Å². The average molecular weight is 244 g/mol. The number of hydrogen-bond acceptors (Lipinski definition) is 3. The molecule has 2 aromatic heterocycles. The van der Waals surface area contributed by atoms with Crippen LogP contribution in [0.3, 0.4) is 0 Å². The molecule has 0 saturated carbocycles. The maximum atomic E-state index is 5.70. The summed E-state index contributed by atoms with van der Waals surface area (Å²) in [7, 11) is 0. The van der Waals surface area contributed by atoms with Gasteiger partial charge in [0.05, 0.1) is 11.4 Å². The van der Waals surface area contributed by atoms with E-state index in [0.29, 0.717) is 12.5 Å². The van der Waals surface area contributed by atoms with Crippen molar-refractivity contribution >= 4 is 0 Å². The SMILES string of the molecule is Cc1nn(-c2ccncc2)c(C)c1CC(C)CN. The Labute approximate surface area is 108 Å². The molecular formula is C14H20N4. The van der Waals surface area contributed by atoms with Gasteiger partial charge in [-0.15, -0.1) is 0 Å². The van der Waals surface area contributed by atoms with E-state index in [4.69, 9.17) is 5.73 Å². The van der Waals surface area contributed by atoms with E-state index in [1.165, 1.54) is 11.3 Å². The van der Waals surface area contributed by atoms with Crippen molar-refractivity contribution in [1.82, 2.24) is 14.8 Å². The van der Waals surface area contributed by atoms with Crippen molar-refractivity contribution < 1.29 is 0 Å². The average Bonchev–Trinajstić information content (AvgIpc) is 2.67. The van der Waals surface area contributed by atoms with Gasteiger partial charge in [0, 0.05) is 18.1 Å². The number of hydrogen-bond donors (Lipinski definition) is 1. The van der Waals surface area contributed by atoms with Gasteiger partial charge in [0.15, 0.2) is 0 Å². The molecule has 2 rings (SSSR count). The lowest BCUT2D eigenvalue weighted by Crippen LogP contribution is -2.14. The molecular weight excluding hydrogens is 224 g/mol. The maximum absolute atomic E-state index is 5.70. The summed E-state index contributed by atoms with van der Waals surface area (Å²) in [6.45, 7) is 7.05. The molecule has 0 amide bonds. The Hall–Kier alpha value is -1.68. The van der Waals surface area contributed by atoms with E-state index in [1.807, 2.05) is 16.8 Å². The summed E-state index contributed by atoms with van der Waals surface area (Å²) in [5.41, 5.74) is 10.3. The lowest BCUT2D eigenvalue weighted by molar-refractivity contribution is 0.589. The van der Waals surface area contributed by atoms with Gasteiger partial charge in [-0.25, -0.2) is 4.68 Å². The van der Waals surface area contributed by atoms with Crippen LogP contribution in [0.2, 0.25) is 0 Å². The molecule has 4 nitrogen and oxygen atoms in total. The molecule has 2 aromatic rings. The first-order valence-electron chi connectivity index (χ1n) is 6.29. The first-order valence-corrected chi connectivity index (χ1v) is 6.29. The molecule has 0 aromatic carbocycles. The van der Waals surface area contributed by atoms with Crippen LogP contribution in [0.25, 0.3) is 5.69 Å². The van der Waals surface area contributed by atoms with Crippen LogP contribution in [0.5, 0.6) is 0 Å². The number of aryl methyl sites for hydroxylation is 1. The number of nitrogens with two attached hydrogens (primary N) is 1. The molecule has 0 bridgehead atoms. The van der Waals surface area contributed by atoms with Crippen LogP contribution in [0.1, 0.15) is 23.9 Å². The van der Waals surface area contributed by atoms with Crippen LogP contribution in [0.15, 0.2) is 24.5 Å². The number of pyridine rings is 1. The molecule has 0 fully saturated rings. The zero-order chi connectivity index (χ0) is 13.1. The Morgan fingerprint density at radius 2 is 1.94 bits per heavy atom. The molecule has 0 saturated heterocycles. The van der Waals surface area contributed by atoms with Gasteiger partial charge in [-0.05, 0) is 50.4 Å². The van der Waals surface area contributed by atoms with Crippen LogP contribution in [0.4, 0.5) is 0 Å². The Kier molecular flexibility index (Phi) is 3.77. The van der Waals surface area contributed by atoms with Gasteiger partial charge in [0.25, 0.3) is 0 Å². The van der Waals surface area contributed by atoms with E-state index in [2.05, 4.69) is 30.9 Å². The first kappa shape index (κ1) is 12.8. The topological polar surface area (TPSA) is 56.7 Å². The Morgan fingerprint density at radius 3 is 2.56 bits per heavy atom. The van der Waals surface area contributed by atoms with Crippen molar-refractivity contribution in [2.24, 2.45) is 11.7 Å². The second-order valence-corrected chi connectivity index (χ2v) is 4.81. The third-order valence-corrected chi connectivity index (χ3v) is 3.30. The second kappa shape index (κ2) is 5.31. The molecule has 0 radical (unpaired) electrons. The zero-order valence-corrected chi connectivity index (χ0v) is 11.2. The molecule has 18 heavy (non-hydrogen) atoms. The Bertz CT molecular complexity index is 516. The normalized spacial score (nSPS) is 12.7. The third kappa shape index (κ3) is 2.43. The predicted molar refractivity (Wildman–Crippen MR) is 72.8 cm³/mol. The highest BCUT2D eigenvalue weighted by atomic mass is 15.3. The predicted octanol–water partition coefficient (Wildman–Crippen LogP) is 2.02. The summed E-state index contributed by atoms with van der Waals surface area (Å²) in [6, 6.07) is 3.94. The minimum atomic E-state index is 0.484. The fraction of sp³-hybridized carbons (Fsp3) is 0.429. The quantitative estimate of drug-likeness (QED) is 0.895. The van der Waals surface area contributed by atoms with E-state index in [1.54, 1.807) is 12.4 Å². The lowest BCUT2D eigenvalue weighted by Gasteiger charge is -2.09. The highest BCUT2D eigenvalue weighted by Crippen LogP contribution is 2.20. The fourth-order valence-corrected chi connectivity index (χ4v) is 2.14. The molecule has 4 heteroatoms. The minimum absolute atomic E-state index is 0.484. The summed E-state index contributed by atoms with van der Waals surface area (Å²) < 4.78 is 1.98. The monoisotopic (exact) mass is 244 g/mol. The van der Waals surface area contributed by atoms with Crippen LogP contribution in [-0.2, 0) is 6.42 Å². The molecule has 2 heterocycles. The van der Waals surface area contributed by atoms with E-state index < -0.39 is 0 Å². The Morgan fingerprint density at radius 1 is 1.28 bits per heavy atom. The number of aromatic nitrogens is 3. The van der Waals surface area contributed by atoms with Crippen LogP contribution in [0, 0.1) is 19.8 Å². The van der Waals surface area contributed by atoms with Crippen molar-refractivity contribution in [1.29, 1.82) is 0 Å². The van der Waals surface area contributed by atoms with Gasteiger partial charge in [0.1, 0.15) is 0 Å². The van der Waals surface area contributed by atoms with Gasteiger partial charge in [0.2, 0.25) is 0 Å².